The van der Waals surface area contributed by atoms with Crippen LogP contribution in [-0.4, -0.2) is 32.0 Å². The van der Waals surface area contributed by atoms with E-state index < -0.39 is 11.6 Å². The smallest absolute Gasteiger partial charge is 0.187 e. The van der Waals surface area contributed by atoms with Crippen molar-refractivity contribution in [2.45, 2.75) is 24.4 Å². The Kier molecular flexibility index (Phi) is 3.24. The highest BCUT2D eigenvalue weighted by molar-refractivity contribution is 5.44. The van der Waals surface area contributed by atoms with Crippen LogP contribution in [0.2, 0.25) is 0 Å². The summed E-state index contributed by atoms with van der Waals surface area (Å²) in [6.07, 6.45) is 9.09. The Morgan fingerprint density at radius 1 is 0.778 bits per heavy atom. The minimum atomic E-state index is -1.85. The standard InChI is InChI=1S/C14H14O4/c15-13(16)7-1-3-11(9-13)5-6-12-4-2-8-14(17,18)10-12/h1-4,7-8,15-18H,9-10H2. The van der Waals surface area contributed by atoms with Crippen LogP contribution in [0.3, 0.4) is 0 Å². The predicted molar refractivity (Wildman–Crippen MR) is 65.8 cm³/mol. The highest BCUT2D eigenvalue weighted by Gasteiger charge is 2.24. The topological polar surface area (TPSA) is 80.9 Å². The zero-order valence-electron chi connectivity index (χ0n) is 9.67. The molecule has 4 nitrogen and oxygen atoms in total. The summed E-state index contributed by atoms with van der Waals surface area (Å²) < 4.78 is 0. The first-order chi connectivity index (χ1) is 8.36. The van der Waals surface area contributed by atoms with E-state index in [-0.39, 0.29) is 12.8 Å². The largest absolute Gasteiger partial charge is 0.362 e. The second-order valence-corrected chi connectivity index (χ2v) is 4.46. The molecule has 0 radical (unpaired) electrons. The fourth-order valence-corrected chi connectivity index (χ4v) is 1.77. The van der Waals surface area contributed by atoms with Crippen molar-refractivity contribution in [2.75, 3.05) is 0 Å². The van der Waals surface area contributed by atoms with E-state index in [1.807, 2.05) is 0 Å². The summed E-state index contributed by atoms with van der Waals surface area (Å²) in [5, 5.41) is 37.7. The van der Waals surface area contributed by atoms with Crippen LogP contribution in [0.1, 0.15) is 12.8 Å². The molecule has 0 aromatic heterocycles. The van der Waals surface area contributed by atoms with Crippen molar-refractivity contribution in [3.05, 3.63) is 47.6 Å². The molecular weight excluding hydrogens is 232 g/mol. The first kappa shape index (κ1) is 12.8. The summed E-state index contributed by atoms with van der Waals surface area (Å²) in [6, 6.07) is 0. The summed E-state index contributed by atoms with van der Waals surface area (Å²) in [4.78, 5) is 0. The summed E-state index contributed by atoms with van der Waals surface area (Å²) in [5.41, 5.74) is 1.17. The lowest BCUT2D eigenvalue weighted by Crippen LogP contribution is -2.27. The molecule has 4 heteroatoms. The zero-order valence-corrected chi connectivity index (χ0v) is 9.67. The van der Waals surface area contributed by atoms with Gasteiger partial charge in [0.25, 0.3) is 0 Å². The van der Waals surface area contributed by atoms with Gasteiger partial charge >= 0.3 is 0 Å². The van der Waals surface area contributed by atoms with E-state index in [0.29, 0.717) is 11.1 Å². The van der Waals surface area contributed by atoms with Gasteiger partial charge in [-0.1, -0.05) is 36.1 Å². The molecule has 0 saturated carbocycles. The Morgan fingerprint density at radius 3 is 1.50 bits per heavy atom. The van der Waals surface area contributed by atoms with Crippen LogP contribution in [0.5, 0.6) is 0 Å². The quantitative estimate of drug-likeness (QED) is 0.361. The molecule has 0 spiro atoms. The van der Waals surface area contributed by atoms with Crippen LogP contribution in [-0.2, 0) is 0 Å². The number of rotatable bonds is 0. The first-order valence-corrected chi connectivity index (χ1v) is 5.55. The number of hydrogen-bond acceptors (Lipinski definition) is 4. The molecule has 0 unspecified atom stereocenters. The van der Waals surface area contributed by atoms with Gasteiger partial charge in [0.05, 0.1) is 0 Å². The molecule has 0 amide bonds. The van der Waals surface area contributed by atoms with Gasteiger partial charge in [-0.3, -0.25) is 0 Å². The van der Waals surface area contributed by atoms with E-state index in [9.17, 15) is 20.4 Å². The van der Waals surface area contributed by atoms with E-state index in [0.717, 1.165) is 0 Å². The van der Waals surface area contributed by atoms with Crippen molar-refractivity contribution in [1.29, 1.82) is 0 Å². The molecule has 0 fully saturated rings. The molecule has 0 bridgehead atoms. The van der Waals surface area contributed by atoms with Gasteiger partial charge in [0.15, 0.2) is 11.6 Å². The van der Waals surface area contributed by atoms with Crippen molar-refractivity contribution in [3.63, 3.8) is 0 Å². The normalized spacial score (nSPS) is 23.8. The lowest BCUT2D eigenvalue weighted by molar-refractivity contribution is -0.117. The average Bonchev–Trinajstić information content (AvgIpc) is 2.24. The number of hydrogen-bond donors (Lipinski definition) is 4. The Hall–Kier alpha value is -1.64. The maximum Gasteiger partial charge on any atom is 0.187 e. The molecule has 2 rings (SSSR count). The third kappa shape index (κ3) is 3.42. The molecule has 2 aliphatic rings. The van der Waals surface area contributed by atoms with E-state index in [2.05, 4.69) is 11.8 Å². The molecule has 0 saturated heterocycles. The molecule has 0 aromatic carbocycles. The highest BCUT2D eigenvalue weighted by atomic mass is 16.5. The van der Waals surface area contributed by atoms with Crippen LogP contribution >= 0.6 is 0 Å². The third-order valence-corrected chi connectivity index (χ3v) is 2.61. The van der Waals surface area contributed by atoms with Crippen molar-refractivity contribution >= 4 is 0 Å². The second kappa shape index (κ2) is 4.56. The Morgan fingerprint density at radius 2 is 1.17 bits per heavy atom. The lowest BCUT2D eigenvalue weighted by atomic mass is 9.97. The predicted octanol–water partition coefficient (Wildman–Crippen LogP) is 0.124. The first-order valence-electron chi connectivity index (χ1n) is 5.55. The van der Waals surface area contributed by atoms with E-state index in [1.165, 1.54) is 24.3 Å². The number of aliphatic hydroxyl groups is 4. The van der Waals surface area contributed by atoms with Crippen molar-refractivity contribution in [3.8, 4) is 11.8 Å². The monoisotopic (exact) mass is 246 g/mol. The van der Waals surface area contributed by atoms with Crippen molar-refractivity contribution in [2.24, 2.45) is 0 Å². The van der Waals surface area contributed by atoms with Gasteiger partial charge < -0.3 is 20.4 Å². The molecule has 0 aliphatic heterocycles. The molecule has 0 heterocycles. The van der Waals surface area contributed by atoms with Crippen LogP contribution in [0.25, 0.3) is 0 Å². The van der Waals surface area contributed by atoms with E-state index >= 15 is 0 Å². The van der Waals surface area contributed by atoms with Gasteiger partial charge in [-0.25, -0.2) is 0 Å². The Bertz CT molecular complexity index is 476. The maximum atomic E-state index is 9.42. The Balaban J connectivity index is 2.10. The van der Waals surface area contributed by atoms with Crippen LogP contribution in [0, 0.1) is 11.8 Å². The van der Waals surface area contributed by atoms with Crippen molar-refractivity contribution < 1.29 is 20.4 Å². The maximum absolute atomic E-state index is 9.42. The van der Waals surface area contributed by atoms with Gasteiger partial charge in [-0.2, -0.15) is 0 Å². The molecule has 0 atom stereocenters. The summed E-state index contributed by atoms with van der Waals surface area (Å²) >= 11 is 0. The SMILES string of the molecule is OC1(O)C=CC=C(C#CC2=CC=CC(O)(O)C2)C1. The molecule has 94 valence electrons. The minimum Gasteiger partial charge on any atom is -0.362 e. The van der Waals surface area contributed by atoms with Crippen LogP contribution in [0.4, 0.5) is 0 Å². The molecule has 0 aromatic rings. The Labute approximate surface area is 105 Å². The van der Waals surface area contributed by atoms with Crippen molar-refractivity contribution in [1.82, 2.24) is 0 Å². The van der Waals surface area contributed by atoms with E-state index in [1.54, 1.807) is 12.2 Å². The number of allylic oxidation sites excluding steroid dienone is 4. The fraction of sp³-hybridized carbons (Fsp3) is 0.286. The van der Waals surface area contributed by atoms with Gasteiger partial charge in [0.1, 0.15) is 0 Å². The third-order valence-electron chi connectivity index (χ3n) is 2.61. The van der Waals surface area contributed by atoms with Gasteiger partial charge in [-0.15, -0.1) is 0 Å². The second-order valence-electron chi connectivity index (χ2n) is 4.46. The van der Waals surface area contributed by atoms with Gasteiger partial charge in [0.2, 0.25) is 0 Å². The summed E-state index contributed by atoms with van der Waals surface area (Å²) in [7, 11) is 0. The molecular formula is C14H14O4. The summed E-state index contributed by atoms with van der Waals surface area (Å²) in [6.45, 7) is 0. The average molecular weight is 246 g/mol. The van der Waals surface area contributed by atoms with Gasteiger partial charge in [0, 0.05) is 24.0 Å². The van der Waals surface area contributed by atoms with Crippen LogP contribution in [0.15, 0.2) is 47.6 Å². The molecule has 2 aliphatic carbocycles. The highest BCUT2D eigenvalue weighted by Crippen LogP contribution is 2.22. The molecule has 4 N–H and O–H groups in total. The van der Waals surface area contributed by atoms with Crippen LogP contribution < -0.4 is 0 Å². The van der Waals surface area contributed by atoms with E-state index in [4.69, 9.17) is 0 Å². The zero-order chi connectivity index (χ0) is 13.2. The lowest BCUT2D eigenvalue weighted by Gasteiger charge is -2.20. The minimum absolute atomic E-state index is 0.0308. The van der Waals surface area contributed by atoms with Gasteiger partial charge in [-0.05, 0) is 12.2 Å². The summed E-state index contributed by atoms with van der Waals surface area (Å²) in [5.74, 6) is 1.90. The molecule has 18 heavy (non-hydrogen) atoms. The fourth-order valence-electron chi connectivity index (χ4n) is 1.77.